The SMILES string of the molecule is COc1ccc(N(CCCCC(=O)O)C(=O)CCN(C(=O)c2ccc(Cl)cc2)c2ccc(OC)cc2)cc1. The molecule has 1 N–H and O–H groups in total. The highest BCUT2D eigenvalue weighted by Crippen LogP contribution is 2.24. The van der Waals surface area contributed by atoms with Crippen LogP contribution < -0.4 is 19.3 Å². The number of carbonyl (C=O) groups excluding carboxylic acids is 2. The number of ether oxygens (including phenoxy) is 2. The van der Waals surface area contributed by atoms with Gasteiger partial charge in [-0.1, -0.05) is 11.6 Å². The molecule has 38 heavy (non-hydrogen) atoms. The predicted molar refractivity (Wildman–Crippen MR) is 148 cm³/mol. The van der Waals surface area contributed by atoms with E-state index >= 15 is 0 Å². The number of unbranched alkanes of at least 4 members (excludes halogenated alkanes) is 1. The van der Waals surface area contributed by atoms with Crippen LogP contribution >= 0.6 is 11.6 Å². The van der Waals surface area contributed by atoms with E-state index in [1.54, 1.807) is 96.8 Å². The van der Waals surface area contributed by atoms with Gasteiger partial charge in [-0.15, -0.1) is 0 Å². The number of carboxylic acids is 1. The molecule has 0 unspecified atom stereocenters. The van der Waals surface area contributed by atoms with Crippen molar-refractivity contribution in [1.29, 1.82) is 0 Å². The summed E-state index contributed by atoms with van der Waals surface area (Å²) in [5.41, 5.74) is 1.74. The van der Waals surface area contributed by atoms with E-state index in [1.165, 1.54) is 0 Å². The summed E-state index contributed by atoms with van der Waals surface area (Å²) in [6.45, 7) is 0.487. The third-order valence-electron chi connectivity index (χ3n) is 5.98. The first kappa shape index (κ1) is 28.5. The summed E-state index contributed by atoms with van der Waals surface area (Å²) < 4.78 is 10.5. The number of amides is 2. The number of nitrogens with zero attached hydrogens (tertiary/aromatic N) is 2. The fourth-order valence-electron chi connectivity index (χ4n) is 3.91. The number of hydrogen-bond acceptors (Lipinski definition) is 5. The van der Waals surface area contributed by atoms with Crippen LogP contribution in [-0.4, -0.2) is 50.2 Å². The van der Waals surface area contributed by atoms with Crippen LogP contribution in [-0.2, 0) is 9.59 Å². The molecule has 9 heteroatoms. The third-order valence-corrected chi connectivity index (χ3v) is 6.23. The zero-order valence-electron chi connectivity index (χ0n) is 21.4. The first-order chi connectivity index (χ1) is 18.3. The topological polar surface area (TPSA) is 96.4 Å². The number of halogens is 1. The van der Waals surface area contributed by atoms with Gasteiger partial charge in [0.05, 0.1) is 14.2 Å². The molecule has 0 fully saturated rings. The highest BCUT2D eigenvalue weighted by molar-refractivity contribution is 6.30. The fourth-order valence-corrected chi connectivity index (χ4v) is 4.03. The number of anilines is 2. The quantitative estimate of drug-likeness (QED) is 0.281. The second-order valence-corrected chi connectivity index (χ2v) is 8.94. The maximum Gasteiger partial charge on any atom is 0.303 e. The molecule has 200 valence electrons. The van der Waals surface area contributed by atoms with Gasteiger partial charge in [0.1, 0.15) is 11.5 Å². The number of hydrogen-bond donors (Lipinski definition) is 1. The van der Waals surface area contributed by atoms with Crippen molar-refractivity contribution >= 4 is 40.8 Å². The van der Waals surface area contributed by atoms with Crippen molar-refractivity contribution in [2.24, 2.45) is 0 Å². The molecule has 0 spiro atoms. The Labute approximate surface area is 227 Å². The second-order valence-electron chi connectivity index (χ2n) is 8.51. The first-order valence-corrected chi connectivity index (χ1v) is 12.6. The van der Waals surface area contributed by atoms with Gasteiger partial charge in [0.15, 0.2) is 0 Å². The minimum absolute atomic E-state index is 0.0332. The highest BCUT2D eigenvalue weighted by Gasteiger charge is 2.22. The van der Waals surface area contributed by atoms with E-state index in [0.29, 0.717) is 52.8 Å². The van der Waals surface area contributed by atoms with Crippen molar-refractivity contribution in [3.8, 4) is 11.5 Å². The van der Waals surface area contributed by atoms with Gasteiger partial charge in [-0.25, -0.2) is 0 Å². The molecule has 0 saturated heterocycles. The molecular weight excluding hydrogens is 508 g/mol. The van der Waals surface area contributed by atoms with Crippen LogP contribution in [0.4, 0.5) is 11.4 Å². The van der Waals surface area contributed by atoms with Crippen LogP contribution in [0.1, 0.15) is 36.0 Å². The van der Waals surface area contributed by atoms with Gasteiger partial charge in [-0.05, 0) is 85.6 Å². The zero-order chi connectivity index (χ0) is 27.5. The maximum absolute atomic E-state index is 13.5. The van der Waals surface area contributed by atoms with Gasteiger partial charge in [0, 0.05) is 47.9 Å². The maximum atomic E-state index is 13.5. The molecule has 0 heterocycles. The normalized spacial score (nSPS) is 10.5. The van der Waals surface area contributed by atoms with E-state index in [2.05, 4.69) is 0 Å². The molecule has 0 radical (unpaired) electrons. The number of carboxylic acid groups (broad SMARTS) is 1. The molecule has 0 aliphatic rings. The van der Waals surface area contributed by atoms with Crippen LogP contribution in [0, 0.1) is 0 Å². The van der Waals surface area contributed by atoms with Crippen molar-refractivity contribution in [1.82, 2.24) is 0 Å². The van der Waals surface area contributed by atoms with Crippen molar-refractivity contribution in [3.05, 3.63) is 83.4 Å². The second kappa shape index (κ2) is 14.0. The Balaban J connectivity index is 1.81. The van der Waals surface area contributed by atoms with E-state index in [-0.39, 0.29) is 31.2 Å². The Hall–Kier alpha value is -4.04. The Kier molecular flexibility index (Phi) is 10.5. The molecular formula is C29H31ClN2O6. The minimum atomic E-state index is -0.872. The summed E-state index contributed by atoms with van der Waals surface area (Å²) >= 11 is 6.00. The Morgan fingerprint density at radius 2 is 1.24 bits per heavy atom. The third kappa shape index (κ3) is 7.98. The number of methoxy groups -OCH3 is 2. The number of aliphatic carboxylic acids is 1. The zero-order valence-corrected chi connectivity index (χ0v) is 22.2. The molecule has 8 nitrogen and oxygen atoms in total. The molecule has 0 atom stereocenters. The fraction of sp³-hybridized carbons (Fsp3) is 0.276. The molecule has 2 amide bonds. The van der Waals surface area contributed by atoms with Crippen LogP contribution in [0.15, 0.2) is 72.8 Å². The predicted octanol–water partition coefficient (Wildman–Crippen LogP) is 5.68. The summed E-state index contributed by atoms with van der Waals surface area (Å²) in [4.78, 5) is 41.0. The molecule has 0 aromatic heterocycles. The summed E-state index contributed by atoms with van der Waals surface area (Å²) in [6, 6.07) is 20.7. The Morgan fingerprint density at radius 1 is 0.711 bits per heavy atom. The number of benzene rings is 3. The lowest BCUT2D eigenvalue weighted by atomic mass is 10.1. The molecule has 3 aromatic carbocycles. The largest absolute Gasteiger partial charge is 0.497 e. The smallest absolute Gasteiger partial charge is 0.303 e. The lowest BCUT2D eigenvalue weighted by Gasteiger charge is -2.27. The summed E-state index contributed by atoms with van der Waals surface area (Å²) in [5, 5.41) is 9.48. The van der Waals surface area contributed by atoms with Crippen LogP contribution in [0.3, 0.4) is 0 Å². The van der Waals surface area contributed by atoms with Crippen molar-refractivity contribution in [2.45, 2.75) is 25.7 Å². The summed E-state index contributed by atoms with van der Waals surface area (Å²) in [6.07, 6.45) is 1.06. The van der Waals surface area contributed by atoms with Gasteiger partial charge in [-0.3, -0.25) is 14.4 Å². The monoisotopic (exact) mass is 538 g/mol. The number of carbonyl (C=O) groups is 3. The number of rotatable bonds is 13. The van der Waals surface area contributed by atoms with Gasteiger partial charge < -0.3 is 24.4 Å². The van der Waals surface area contributed by atoms with E-state index in [0.717, 1.165) is 0 Å². The summed E-state index contributed by atoms with van der Waals surface area (Å²) in [7, 11) is 3.13. The van der Waals surface area contributed by atoms with Gasteiger partial charge in [0.2, 0.25) is 5.91 Å². The molecule has 0 aliphatic carbocycles. The Morgan fingerprint density at radius 3 is 1.74 bits per heavy atom. The van der Waals surface area contributed by atoms with Crippen molar-refractivity contribution in [2.75, 3.05) is 37.1 Å². The van der Waals surface area contributed by atoms with E-state index < -0.39 is 5.97 Å². The van der Waals surface area contributed by atoms with Gasteiger partial charge >= 0.3 is 5.97 Å². The van der Waals surface area contributed by atoms with E-state index in [9.17, 15) is 14.4 Å². The highest BCUT2D eigenvalue weighted by atomic mass is 35.5. The van der Waals surface area contributed by atoms with Crippen molar-refractivity contribution in [3.63, 3.8) is 0 Å². The standard InChI is InChI=1S/C29H31ClN2O6/c1-37-25-14-10-23(11-15-25)31(19-4-3-5-28(34)35)27(33)18-20-32(24-12-16-26(38-2)17-13-24)29(36)21-6-8-22(30)9-7-21/h6-17H,3-5,18-20H2,1-2H3,(H,34,35). The van der Waals surface area contributed by atoms with Crippen molar-refractivity contribution < 1.29 is 29.0 Å². The molecule has 0 aliphatic heterocycles. The van der Waals surface area contributed by atoms with Gasteiger partial charge in [0.25, 0.3) is 5.91 Å². The average molecular weight is 539 g/mol. The minimum Gasteiger partial charge on any atom is -0.497 e. The Bertz CT molecular complexity index is 1210. The molecule has 0 saturated carbocycles. The average Bonchev–Trinajstić information content (AvgIpc) is 2.93. The van der Waals surface area contributed by atoms with Gasteiger partial charge in [-0.2, -0.15) is 0 Å². The van der Waals surface area contributed by atoms with Crippen LogP contribution in [0.25, 0.3) is 0 Å². The lowest BCUT2D eigenvalue weighted by Crippen LogP contribution is -2.38. The lowest BCUT2D eigenvalue weighted by molar-refractivity contribution is -0.137. The van der Waals surface area contributed by atoms with Crippen LogP contribution in [0.2, 0.25) is 5.02 Å². The molecule has 3 aromatic rings. The van der Waals surface area contributed by atoms with Crippen LogP contribution in [0.5, 0.6) is 11.5 Å². The molecule has 0 bridgehead atoms. The summed E-state index contributed by atoms with van der Waals surface area (Å²) in [5.74, 6) is -0.0183. The van der Waals surface area contributed by atoms with E-state index in [4.69, 9.17) is 26.2 Å². The van der Waals surface area contributed by atoms with E-state index in [1.807, 2.05) is 0 Å². The molecule has 3 rings (SSSR count). The first-order valence-electron chi connectivity index (χ1n) is 12.2.